The number of aromatic hydroxyl groups is 1. The minimum atomic E-state index is -0.290. The van der Waals surface area contributed by atoms with Gasteiger partial charge in [-0.2, -0.15) is 0 Å². The van der Waals surface area contributed by atoms with Crippen molar-refractivity contribution in [2.24, 2.45) is 0 Å². The normalized spacial score (nSPS) is 9.93. The van der Waals surface area contributed by atoms with Crippen LogP contribution >= 0.6 is 0 Å². The highest BCUT2D eigenvalue weighted by atomic mass is 16.5. The lowest BCUT2D eigenvalue weighted by atomic mass is 10.3. The summed E-state index contributed by atoms with van der Waals surface area (Å²) in [5.74, 6) is -0.342. The van der Waals surface area contributed by atoms with Gasteiger partial charge in [-0.05, 0) is 12.5 Å². The molecule has 0 aliphatic rings. The Labute approximate surface area is 86.9 Å². The van der Waals surface area contributed by atoms with Crippen molar-refractivity contribution in [2.45, 2.75) is 19.4 Å². The van der Waals surface area contributed by atoms with Gasteiger partial charge < -0.3 is 14.4 Å². The molecule has 1 aromatic rings. The first-order chi connectivity index (χ1) is 7.13. The molecule has 0 radical (unpaired) electrons. The van der Waals surface area contributed by atoms with Crippen LogP contribution in [0.5, 0.6) is 5.75 Å². The number of methoxy groups -OCH3 is 1. The SMILES string of the molecule is COC(=O)CCCn1ccc(O)cc1=O. The quantitative estimate of drug-likeness (QED) is 0.736. The molecule has 0 aliphatic carbocycles. The molecular weight excluding hydrogens is 198 g/mol. The van der Waals surface area contributed by atoms with Crippen molar-refractivity contribution >= 4 is 5.97 Å². The molecule has 0 aromatic carbocycles. The number of rotatable bonds is 4. The Kier molecular flexibility index (Phi) is 3.91. The molecule has 0 fully saturated rings. The number of hydrogen-bond acceptors (Lipinski definition) is 4. The summed E-state index contributed by atoms with van der Waals surface area (Å²) in [4.78, 5) is 22.1. The summed E-state index contributed by atoms with van der Waals surface area (Å²) in [6.07, 6.45) is 2.32. The molecule has 0 unspecified atom stereocenters. The molecule has 0 spiro atoms. The highest BCUT2D eigenvalue weighted by Gasteiger charge is 2.01. The number of carbonyl (C=O) groups is 1. The molecule has 1 heterocycles. The molecular formula is C10H13NO4. The lowest BCUT2D eigenvalue weighted by molar-refractivity contribution is -0.140. The van der Waals surface area contributed by atoms with Gasteiger partial charge in [-0.1, -0.05) is 0 Å². The Morgan fingerprint density at radius 1 is 1.60 bits per heavy atom. The van der Waals surface area contributed by atoms with Gasteiger partial charge in [0.2, 0.25) is 0 Å². The number of hydrogen-bond donors (Lipinski definition) is 1. The van der Waals surface area contributed by atoms with Crippen LogP contribution in [-0.4, -0.2) is 22.8 Å². The summed E-state index contributed by atoms with van der Waals surface area (Å²) in [6, 6.07) is 2.57. The van der Waals surface area contributed by atoms with Gasteiger partial charge in [0, 0.05) is 25.2 Å². The first kappa shape index (κ1) is 11.3. The van der Waals surface area contributed by atoms with E-state index in [-0.39, 0.29) is 23.7 Å². The van der Waals surface area contributed by atoms with Crippen LogP contribution in [0, 0.1) is 0 Å². The average Bonchev–Trinajstić information content (AvgIpc) is 2.21. The van der Waals surface area contributed by atoms with Crippen LogP contribution in [0.2, 0.25) is 0 Å². The van der Waals surface area contributed by atoms with Gasteiger partial charge in [0.15, 0.2) is 0 Å². The maximum absolute atomic E-state index is 11.3. The van der Waals surface area contributed by atoms with Crippen LogP contribution in [0.25, 0.3) is 0 Å². The van der Waals surface area contributed by atoms with Gasteiger partial charge in [-0.3, -0.25) is 9.59 Å². The summed E-state index contributed by atoms with van der Waals surface area (Å²) >= 11 is 0. The van der Waals surface area contributed by atoms with Crippen molar-refractivity contribution in [3.8, 4) is 5.75 Å². The largest absolute Gasteiger partial charge is 0.508 e. The summed E-state index contributed by atoms with van der Waals surface area (Å²) in [6.45, 7) is 0.439. The second-order valence-corrected chi connectivity index (χ2v) is 3.10. The first-order valence-electron chi connectivity index (χ1n) is 4.60. The lowest BCUT2D eigenvalue weighted by Gasteiger charge is -2.04. The molecule has 0 aliphatic heterocycles. The third-order valence-electron chi connectivity index (χ3n) is 1.99. The molecule has 1 N–H and O–H groups in total. The summed E-state index contributed by atoms with van der Waals surface area (Å²) in [7, 11) is 1.33. The molecule has 0 amide bonds. The monoisotopic (exact) mass is 211 g/mol. The standard InChI is InChI=1S/C10H13NO4/c1-15-10(14)3-2-5-11-6-4-8(12)7-9(11)13/h4,6-7,12H,2-3,5H2,1H3. The van der Waals surface area contributed by atoms with Crippen LogP contribution in [0.1, 0.15) is 12.8 Å². The highest BCUT2D eigenvalue weighted by molar-refractivity contribution is 5.68. The molecule has 0 atom stereocenters. The smallest absolute Gasteiger partial charge is 0.305 e. The van der Waals surface area contributed by atoms with Gasteiger partial charge >= 0.3 is 5.97 Å². The van der Waals surface area contributed by atoms with E-state index in [0.717, 1.165) is 6.07 Å². The van der Waals surface area contributed by atoms with E-state index in [9.17, 15) is 9.59 Å². The van der Waals surface area contributed by atoms with Crippen LogP contribution in [-0.2, 0) is 16.1 Å². The molecule has 1 rings (SSSR count). The van der Waals surface area contributed by atoms with Crippen LogP contribution < -0.4 is 5.56 Å². The summed E-state index contributed by atoms with van der Waals surface area (Å²) < 4.78 is 5.90. The number of aromatic nitrogens is 1. The van der Waals surface area contributed by atoms with E-state index in [1.807, 2.05) is 0 Å². The van der Waals surface area contributed by atoms with Crippen molar-refractivity contribution in [2.75, 3.05) is 7.11 Å². The van der Waals surface area contributed by atoms with Crippen LogP contribution in [0.3, 0.4) is 0 Å². The maximum Gasteiger partial charge on any atom is 0.305 e. The molecule has 0 bridgehead atoms. The zero-order valence-corrected chi connectivity index (χ0v) is 8.47. The molecule has 82 valence electrons. The Balaban J connectivity index is 2.51. The second kappa shape index (κ2) is 5.19. The fourth-order valence-corrected chi connectivity index (χ4v) is 1.18. The summed E-state index contributed by atoms with van der Waals surface area (Å²) in [5, 5.41) is 9.00. The maximum atomic E-state index is 11.3. The van der Waals surface area contributed by atoms with Crippen molar-refractivity contribution in [3.05, 3.63) is 28.7 Å². The number of carbonyl (C=O) groups excluding carboxylic acids is 1. The van der Waals surface area contributed by atoms with Crippen molar-refractivity contribution in [1.29, 1.82) is 0 Å². The van der Waals surface area contributed by atoms with Gasteiger partial charge in [0.25, 0.3) is 5.56 Å². The Bertz CT molecular complexity index is 397. The molecule has 5 nitrogen and oxygen atoms in total. The van der Waals surface area contributed by atoms with Crippen LogP contribution in [0.15, 0.2) is 23.1 Å². The van der Waals surface area contributed by atoms with Crippen molar-refractivity contribution in [1.82, 2.24) is 4.57 Å². The van der Waals surface area contributed by atoms with Crippen molar-refractivity contribution in [3.63, 3.8) is 0 Å². The molecule has 5 heteroatoms. The van der Waals surface area contributed by atoms with E-state index in [0.29, 0.717) is 13.0 Å². The average molecular weight is 211 g/mol. The number of pyridine rings is 1. The van der Waals surface area contributed by atoms with Crippen LogP contribution in [0.4, 0.5) is 0 Å². The molecule has 15 heavy (non-hydrogen) atoms. The van der Waals surface area contributed by atoms with E-state index in [2.05, 4.69) is 4.74 Å². The Morgan fingerprint density at radius 2 is 2.33 bits per heavy atom. The zero-order chi connectivity index (χ0) is 11.3. The number of ether oxygens (including phenoxy) is 1. The molecule has 1 aromatic heterocycles. The minimum absolute atomic E-state index is 0.0517. The van der Waals surface area contributed by atoms with Gasteiger partial charge in [-0.25, -0.2) is 0 Å². The third-order valence-corrected chi connectivity index (χ3v) is 1.99. The minimum Gasteiger partial charge on any atom is -0.508 e. The molecule has 0 saturated carbocycles. The predicted octanol–water partition coefficient (Wildman–Crippen LogP) is 0.507. The van der Waals surface area contributed by atoms with E-state index >= 15 is 0 Å². The lowest BCUT2D eigenvalue weighted by Crippen LogP contribution is -2.18. The van der Waals surface area contributed by atoms with E-state index in [1.54, 1.807) is 0 Å². The number of esters is 1. The fourth-order valence-electron chi connectivity index (χ4n) is 1.18. The van der Waals surface area contributed by atoms with Crippen molar-refractivity contribution < 1.29 is 14.6 Å². The van der Waals surface area contributed by atoms with Gasteiger partial charge in [0.1, 0.15) is 5.75 Å². The van der Waals surface area contributed by atoms with Gasteiger partial charge in [0.05, 0.1) is 7.11 Å². The third kappa shape index (κ3) is 3.46. The Hall–Kier alpha value is -1.78. The van der Waals surface area contributed by atoms with E-state index in [1.165, 1.54) is 23.9 Å². The first-order valence-corrected chi connectivity index (χ1v) is 4.60. The fraction of sp³-hybridized carbons (Fsp3) is 0.400. The summed E-state index contributed by atoms with van der Waals surface area (Å²) in [5.41, 5.74) is -0.278. The number of aryl methyl sites for hydroxylation is 1. The zero-order valence-electron chi connectivity index (χ0n) is 8.47. The highest BCUT2D eigenvalue weighted by Crippen LogP contribution is 2.02. The Morgan fingerprint density at radius 3 is 2.93 bits per heavy atom. The molecule has 0 saturated heterocycles. The van der Waals surface area contributed by atoms with Gasteiger partial charge in [-0.15, -0.1) is 0 Å². The topological polar surface area (TPSA) is 68.5 Å². The number of nitrogens with zero attached hydrogens (tertiary/aromatic N) is 1. The second-order valence-electron chi connectivity index (χ2n) is 3.10. The predicted molar refractivity (Wildman–Crippen MR) is 53.6 cm³/mol. The van der Waals surface area contributed by atoms with E-state index in [4.69, 9.17) is 5.11 Å². The van der Waals surface area contributed by atoms with E-state index < -0.39 is 0 Å².